The van der Waals surface area contributed by atoms with Crippen LogP contribution in [0.25, 0.3) is 0 Å². The molecule has 1 aromatic rings. The number of halogens is 2. The third-order valence-corrected chi connectivity index (χ3v) is 4.35. The first kappa shape index (κ1) is 22.5. The quantitative estimate of drug-likeness (QED) is 0.361. The number of nitrogens with two attached hydrogens (primary N) is 1. The number of carbonyl (C=O) groups is 2. The van der Waals surface area contributed by atoms with Crippen molar-refractivity contribution in [3.8, 4) is 5.75 Å². The number of rotatable bonds is 10. The van der Waals surface area contributed by atoms with Gasteiger partial charge in [-0.25, -0.2) is 0 Å². The van der Waals surface area contributed by atoms with Gasteiger partial charge in [-0.05, 0) is 26.0 Å². The molecule has 2 N–H and O–H groups in total. The summed E-state index contributed by atoms with van der Waals surface area (Å²) in [4.78, 5) is 24.9. The van der Waals surface area contributed by atoms with Crippen molar-refractivity contribution in [2.45, 2.75) is 19.8 Å². The largest absolute Gasteiger partial charge is 0.467 e. The third-order valence-electron chi connectivity index (χ3n) is 3.53. The Balaban J connectivity index is 3.46. The van der Waals surface area contributed by atoms with E-state index in [1.807, 2.05) is 0 Å². The van der Waals surface area contributed by atoms with Gasteiger partial charge in [0.1, 0.15) is 5.75 Å². The van der Waals surface area contributed by atoms with Crippen LogP contribution in [-0.2, 0) is 23.8 Å². The Kier molecular flexibility index (Phi) is 9.72. The summed E-state index contributed by atoms with van der Waals surface area (Å²) in [6.07, 6.45) is 0. The lowest BCUT2D eigenvalue weighted by molar-refractivity contribution is -0.162. The van der Waals surface area contributed by atoms with Crippen LogP contribution in [-0.4, -0.2) is 45.6 Å². The lowest BCUT2D eigenvalue weighted by atomic mass is 9.85. The molecule has 0 aliphatic carbocycles. The summed E-state index contributed by atoms with van der Waals surface area (Å²) < 4.78 is 20.5. The predicted octanol–water partition coefficient (Wildman–Crippen LogP) is 2.76. The Morgan fingerprint density at radius 3 is 2.15 bits per heavy atom. The Labute approximate surface area is 162 Å². The molecule has 9 heteroatoms. The zero-order valence-corrected chi connectivity index (χ0v) is 16.4. The first-order chi connectivity index (χ1) is 12.4. The van der Waals surface area contributed by atoms with E-state index in [1.54, 1.807) is 19.9 Å². The highest BCUT2D eigenvalue weighted by molar-refractivity contribution is 6.42. The van der Waals surface area contributed by atoms with Crippen molar-refractivity contribution in [1.29, 1.82) is 0 Å². The van der Waals surface area contributed by atoms with Gasteiger partial charge in [0.25, 0.3) is 0 Å². The molecule has 1 rings (SSSR count). The van der Waals surface area contributed by atoms with E-state index in [0.717, 1.165) is 0 Å². The summed E-state index contributed by atoms with van der Waals surface area (Å²) in [7, 11) is 1.46. The van der Waals surface area contributed by atoms with E-state index >= 15 is 0 Å². The summed E-state index contributed by atoms with van der Waals surface area (Å²) in [5.41, 5.74) is 6.21. The highest BCUT2D eigenvalue weighted by Gasteiger charge is 2.40. The van der Waals surface area contributed by atoms with Gasteiger partial charge in [-0.1, -0.05) is 23.2 Å². The Morgan fingerprint density at radius 1 is 1.12 bits per heavy atom. The number of benzene rings is 1. The molecule has 0 amide bonds. The van der Waals surface area contributed by atoms with Crippen molar-refractivity contribution < 1.29 is 28.5 Å². The third kappa shape index (κ3) is 5.48. The van der Waals surface area contributed by atoms with Gasteiger partial charge in [0, 0.05) is 25.1 Å². The minimum Gasteiger partial charge on any atom is -0.467 e. The van der Waals surface area contributed by atoms with E-state index in [9.17, 15) is 9.59 Å². The SMILES string of the molecule is CCOC(=O)C(C(=O)OCC)[C@H](CN)c1c(OCOC)ccc(Cl)c1Cl. The monoisotopic (exact) mass is 407 g/mol. The number of esters is 2. The van der Waals surface area contributed by atoms with Gasteiger partial charge in [0.2, 0.25) is 0 Å². The molecule has 146 valence electrons. The van der Waals surface area contributed by atoms with Gasteiger partial charge in [-0.2, -0.15) is 0 Å². The number of ether oxygens (including phenoxy) is 4. The number of hydrogen-bond acceptors (Lipinski definition) is 7. The molecule has 1 atom stereocenters. The Hall–Kier alpha value is -1.54. The zero-order valence-electron chi connectivity index (χ0n) is 14.9. The van der Waals surface area contributed by atoms with E-state index in [4.69, 9.17) is 47.9 Å². The van der Waals surface area contributed by atoms with Gasteiger partial charge < -0.3 is 24.7 Å². The maximum atomic E-state index is 12.4. The second-order valence-electron chi connectivity index (χ2n) is 5.15. The second-order valence-corrected chi connectivity index (χ2v) is 5.93. The highest BCUT2D eigenvalue weighted by Crippen LogP contribution is 2.41. The van der Waals surface area contributed by atoms with Crippen molar-refractivity contribution >= 4 is 35.1 Å². The van der Waals surface area contributed by atoms with Crippen LogP contribution in [0.3, 0.4) is 0 Å². The van der Waals surface area contributed by atoms with Gasteiger partial charge in [-0.15, -0.1) is 0 Å². The number of carbonyl (C=O) groups excluding carboxylic acids is 2. The second kappa shape index (κ2) is 11.2. The smallest absolute Gasteiger partial charge is 0.321 e. The minimum absolute atomic E-state index is 0.0638. The molecule has 0 unspecified atom stereocenters. The number of hydrogen-bond donors (Lipinski definition) is 1. The summed E-state index contributed by atoms with van der Waals surface area (Å²) in [6, 6.07) is 3.11. The molecular formula is C17H23Cl2NO6. The van der Waals surface area contributed by atoms with E-state index in [2.05, 4.69) is 0 Å². The van der Waals surface area contributed by atoms with Gasteiger partial charge in [-0.3, -0.25) is 9.59 Å². The Bertz CT molecular complexity index is 608. The standard InChI is InChI=1S/C17H23Cl2NO6/c1-4-24-16(21)14(17(22)25-5-2)10(8-20)13-12(26-9-23-3)7-6-11(18)15(13)19/h6-7,10,14H,4-5,8-9,20H2,1-3H3/t10-/m1/s1. The fourth-order valence-electron chi connectivity index (χ4n) is 2.45. The summed E-state index contributed by atoms with van der Waals surface area (Å²) in [6.45, 7) is 3.32. The fourth-order valence-corrected chi connectivity index (χ4v) is 2.91. The molecule has 0 fully saturated rings. The van der Waals surface area contributed by atoms with Crippen molar-refractivity contribution in [1.82, 2.24) is 0 Å². The van der Waals surface area contributed by atoms with Crippen molar-refractivity contribution in [2.24, 2.45) is 11.7 Å². The van der Waals surface area contributed by atoms with Crippen LogP contribution < -0.4 is 10.5 Å². The molecular weight excluding hydrogens is 385 g/mol. The molecule has 0 spiro atoms. The maximum absolute atomic E-state index is 12.4. The van der Waals surface area contributed by atoms with Crippen LogP contribution in [0.1, 0.15) is 25.3 Å². The van der Waals surface area contributed by atoms with Crippen molar-refractivity contribution in [3.05, 3.63) is 27.7 Å². The zero-order chi connectivity index (χ0) is 19.7. The van der Waals surface area contributed by atoms with E-state index in [1.165, 1.54) is 13.2 Å². The van der Waals surface area contributed by atoms with Gasteiger partial charge in [0.15, 0.2) is 12.7 Å². The fraction of sp³-hybridized carbons (Fsp3) is 0.529. The van der Waals surface area contributed by atoms with Crippen molar-refractivity contribution in [2.75, 3.05) is 33.7 Å². The molecule has 0 aliphatic rings. The molecule has 0 aliphatic heterocycles. The Morgan fingerprint density at radius 2 is 1.69 bits per heavy atom. The van der Waals surface area contributed by atoms with Crippen molar-refractivity contribution in [3.63, 3.8) is 0 Å². The van der Waals surface area contributed by atoms with Crippen LogP contribution in [0.2, 0.25) is 10.0 Å². The number of methoxy groups -OCH3 is 1. The average molecular weight is 408 g/mol. The van der Waals surface area contributed by atoms with Crippen LogP contribution in [0.4, 0.5) is 0 Å². The lowest BCUT2D eigenvalue weighted by Gasteiger charge is -2.26. The van der Waals surface area contributed by atoms with Crippen LogP contribution >= 0.6 is 23.2 Å². The van der Waals surface area contributed by atoms with E-state index in [0.29, 0.717) is 11.3 Å². The lowest BCUT2D eigenvalue weighted by Crippen LogP contribution is -2.37. The van der Waals surface area contributed by atoms with Gasteiger partial charge >= 0.3 is 11.9 Å². The maximum Gasteiger partial charge on any atom is 0.321 e. The molecule has 0 saturated heterocycles. The summed E-state index contributed by atoms with van der Waals surface area (Å²) >= 11 is 12.5. The van der Waals surface area contributed by atoms with E-state index in [-0.39, 0.29) is 36.6 Å². The first-order valence-corrected chi connectivity index (χ1v) is 8.81. The summed E-state index contributed by atoms with van der Waals surface area (Å²) in [5, 5.41) is 0.366. The first-order valence-electron chi connectivity index (χ1n) is 8.05. The van der Waals surface area contributed by atoms with E-state index < -0.39 is 23.8 Å². The predicted molar refractivity (Wildman–Crippen MR) is 97.5 cm³/mol. The summed E-state index contributed by atoms with van der Waals surface area (Å²) in [5.74, 6) is -3.37. The van der Waals surface area contributed by atoms with Crippen LogP contribution in [0, 0.1) is 5.92 Å². The normalized spacial score (nSPS) is 12.0. The molecule has 1 aromatic carbocycles. The molecule has 0 radical (unpaired) electrons. The molecule has 0 heterocycles. The van der Waals surface area contributed by atoms with Gasteiger partial charge in [0.05, 0.1) is 23.3 Å². The molecule has 0 bridgehead atoms. The van der Waals surface area contributed by atoms with Crippen LogP contribution in [0.15, 0.2) is 12.1 Å². The average Bonchev–Trinajstić information content (AvgIpc) is 2.61. The van der Waals surface area contributed by atoms with Crippen LogP contribution in [0.5, 0.6) is 5.75 Å². The molecule has 7 nitrogen and oxygen atoms in total. The molecule has 26 heavy (non-hydrogen) atoms. The topological polar surface area (TPSA) is 97.1 Å². The minimum atomic E-state index is -1.30. The molecule has 0 saturated carbocycles. The molecule has 0 aromatic heterocycles. The highest BCUT2D eigenvalue weighted by atomic mass is 35.5.